The molecule has 1 fully saturated rings. The number of carbonyl (C=O) groups excluding carboxylic acids is 1. The number of piperidine rings is 1. The minimum absolute atomic E-state index is 0.192. The summed E-state index contributed by atoms with van der Waals surface area (Å²) in [5, 5.41) is 3.25. The fraction of sp³-hybridized carbons (Fsp3) is 0.435. The molecule has 0 spiro atoms. The SMILES string of the molecule is CC[C@H](C)NC(=O)C1(c2ccccc2)CCN(Cc2ccccc2)CC1. The zero-order chi connectivity index (χ0) is 18.4. The van der Waals surface area contributed by atoms with Crippen LogP contribution in [0.5, 0.6) is 0 Å². The van der Waals surface area contributed by atoms with Crippen molar-refractivity contribution in [3.8, 4) is 0 Å². The second-order valence-electron chi connectivity index (χ2n) is 7.49. The maximum atomic E-state index is 13.2. The predicted octanol–water partition coefficient (Wildman–Crippen LogP) is 4.14. The summed E-state index contributed by atoms with van der Waals surface area (Å²) in [6, 6.07) is 21.1. The normalized spacial score (nSPS) is 18.2. The number of amides is 1. The lowest BCUT2D eigenvalue weighted by atomic mass is 9.71. The van der Waals surface area contributed by atoms with E-state index in [1.165, 1.54) is 5.56 Å². The van der Waals surface area contributed by atoms with Gasteiger partial charge in [-0.25, -0.2) is 0 Å². The van der Waals surface area contributed by atoms with Gasteiger partial charge < -0.3 is 5.32 Å². The lowest BCUT2D eigenvalue weighted by molar-refractivity contribution is -0.129. The van der Waals surface area contributed by atoms with Gasteiger partial charge in [-0.15, -0.1) is 0 Å². The van der Waals surface area contributed by atoms with Gasteiger partial charge in [-0.05, 0) is 50.4 Å². The lowest BCUT2D eigenvalue weighted by Crippen LogP contribution is -2.53. The highest BCUT2D eigenvalue weighted by atomic mass is 16.2. The van der Waals surface area contributed by atoms with E-state index in [2.05, 4.69) is 66.5 Å². The standard InChI is InChI=1S/C23H30N2O/c1-3-19(2)24-22(26)23(21-12-8-5-9-13-21)14-16-25(17-15-23)18-20-10-6-4-7-11-20/h4-13,19H,3,14-18H2,1-2H3,(H,24,26)/t19-/m0/s1. The Hall–Kier alpha value is -2.13. The maximum absolute atomic E-state index is 13.2. The van der Waals surface area contributed by atoms with Crippen LogP contribution in [0.25, 0.3) is 0 Å². The van der Waals surface area contributed by atoms with Crippen molar-refractivity contribution < 1.29 is 4.79 Å². The number of nitrogens with one attached hydrogen (secondary N) is 1. The average molecular weight is 351 g/mol. The van der Waals surface area contributed by atoms with Crippen molar-refractivity contribution in [3.63, 3.8) is 0 Å². The Morgan fingerprint density at radius 1 is 1.04 bits per heavy atom. The van der Waals surface area contributed by atoms with Crippen molar-refractivity contribution in [2.24, 2.45) is 0 Å². The number of nitrogens with zero attached hydrogens (tertiary/aromatic N) is 1. The second-order valence-corrected chi connectivity index (χ2v) is 7.49. The Bertz CT molecular complexity index is 691. The van der Waals surface area contributed by atoms with Crippen LogP contribution in [0.1, 0.15) is 44.2 Å². The number of carbonyl (C=O) groups is 1. The lowest BCUT2D eigenvalue weighted by Gasteiger charge is -2.41. The maximum Gasteiger partial charge on any atom is 0.230 e. The molecular formula is C23H30N2O. The smallest absolute Gasteiger partial charge is 0.230 e. The summed E-state index contributed by atoms with van der Waals surface area (Å²) in [5.41, 5.74) is 2.08. The van der Waals surface area contributed by atoms with Gasteiger partial charge >= 0.3 is 0 Å². The molecule has 1 heterocycles. The van der Waals surface area contributed by atoms with Crippen molar-refractivity contribution in [2.45, 2.75) is 51.1 Å². The Morgan fingerprint density at radius 3 is 2.19 bits per heavy atom. The van der Waals surface area contributed by atoms with Gasteiger partial charge in [0.15, 0.2) is 0 Å². The molecule has 1 saturated heterocycles. The highest BCUT2D eigenvalue weighted by Gasteiger charge is 2.42. The third-order valence-corrected chi connectivity index (χ3v) is 5.71. The van der Waals surface area contributed by atoms with Gasteiger partial charge in [-0.1, -0.05) is 67.6 Å². The van der Waals surface area contributed by atoms with Crippen LogP contribution in [0.2, 0.25) is 0 Å². The van der Waals surface area contributed by atoms with Crippen LogP contribution in [-0.2, 0) is 16.8 Å². The van der Waals surface area contributed by atoms with Crippen molar-refractivity contribution in [1.29, 1.82) is 0 Å². The monoisotopic (exact) mass is 350 g/mol. The van der Waals surface area contributed by atoms with Gasteiger partial charge in [0.05, 0.1) is 5.41 Å². The first kappa shape index (κ1) is 18.7. The number of benzene rings is 2. The first-order valence-electron chi connectivity index (χ1n) is 9.77. The van der Waals surface area contributed by atoms with Gasteiger partial charge in [-0.3, -0.25) is 9.69 Å². The third kappa shape index (κ3) is 4.16. The molecule has 3 rings (SSSR count). The Kier molecular flexibility index (Phi) is 6.10. The fourth-order valence-electron chi connectivity index (χ4n) is 3.80. The number of hydrogen-bond acceptors (Lipinski definition) is 2. The Labute approximate surface area is 157 Å². The molecule has 1 atom stereocenters. The Morgan fingerprint density at radius 2 is 1.62 bits per heavy atom. The molecule has 1 aliphatic rings. The van der Waals surface area contributed by atoms with E-state index in [1.54, 1.807) is 0 Å². The molecule has 0 bridgehead atoms. The molecule has 3 heteroatoms. The van der Waals surface area contributed by atoms with E-state index in [1.807, 2.05) is 18.2 Å². The minimum atomic E-state index is -0.405. The predicted molar refractivity (Wildman–Crippen MR) is 107 cm³/mol. The molecule has 0 radical (unpaired) electrons. The molecule has 2 aromatic carbocycles. The summed E-state index contributed by atoms with van der Waals surface area (Å²) in [6.45, 7) is 7.04. The first-order chi connectivity index (χ1) is 12.6. The second kappa shape index (κ2) is 8.50. The summed E-state index contributed by atoms with van der Waals surface area (Å²) in [5.74, 6) is 0.192. The largest absolute Gasteiger partial charge is 0.353 e. The van der Waals surface area contributed by atoms with Crippen LogP contribution in [0, 0.1) is 0 Å². The Balaban J connectivity index is 1.75. The van der Waals surface area contributed by atoms with E-state index in [0.717, 1.165) is 44.5 Å². The van der Waals surface area contributed by atoms with Crippen LogP contribution < -0.4 is 5.32 Å². The van der Waals surface area contributed by atoms with Gasteiger partial charge in [0.1, 0.15) is 0 Å². The van der Waals surface area contributed by atoms with Crippen LogP contribution >= 0.6 is 0 Å². The van der Waals surface area contributed by atoms with E-state index >= 15 is 0 Å². The van der Waals surface area contributed by atoms with E-state index in [0.29, 0.717) is 0 Å². The molecule has 26 heavy (non-hydrogen) atoms. The zero-order valence-electron chi connectivity index (χ0n) is 15.9. The molecule has 1 amide bonds. The van der Waals surface area contributed by atoms with E-state index in [4.69, 9.17) is 0 Å². The summed E-state index contributed by atoms with van der Waals surface area (Å²) < 4.78 is 0. The summed E-state index contributed by atoms with van der Waals surface area (Å²) >= 11 is 0. The quantitative estimate of drug-likeness (QED) is 0.849. The van der Waals surface area contributed by atoms with E-state index < -0.39 is 5.41 Å². The minimum Gasteiger partial charge on any atom is -0.353 e. The van der Waals surface area contributed by atoms with Crippen molar-refractivity contribution in [3.05, 3.63) is 71.8 Å². The molecular weight excluding hydrogens is 320 g/mol. The number of rotatable bonds is 6. The van der Waals surface area contributed by atoms with Crippen molar-refractivity contribution in [1.82, 2.24) is 10.2 Å². The molecule has 1 N–H and O–H groups in total. The van der Waals surface area contributed by atoms with Gasteiger partial charge in [0.25, 0.3) is 0 Å². The van der Waals surface area contributed by atoms with Crippen molar-refractivity contribution >= 4 is 5.91 Å². The van der Waals surface area contributed by atoms with Gasteiger partial charge in [0, 0.05) is 12.6 Å². The van der Waals surface area contributed by atoms with Gasteiger partial charge in [0.2, 0.25) is 5.91 Å². The van der Waals surface area contributed by atoms with Gasteiger partial charge in [-0.2, -0.15) is 0 Å². The van der Waals surface area contributed by atoms with Crippen LogP contribution in [-0.4, -0.2) is 29.9 Å². The zero-order valence-corrected chi connectivity index (χ0v) is 15.9. The molecule has 138 valence electrons. The van der Waals surface area contributed by atoms with E-state index in [9.17, 15) is 4.79 Å². The topological polar surface area (TPSA) is 32.3 Å². The molecule has 2 aromatic rings. The van der Waals surface area contributed by atoms with Crippen LogP contribution in [0.4, 0.5) is 0 Å². The highest BCUT2D eigenvalue weighted by molar-refractivity contribution is 5.88. The highest BCUT2D eigenvalue weighted by Crippen LogP contribution is 2.36. The van der Waals surface area contributed by atoms with E-state index in [-0.39, 0.29) is 11.9 Å². The van der Waals surface area contributed by atoms with Crippen LogP contribution in [0.15, 0.2) is 60.7 Å². The molecule has 0 saturated carbocycles. The molecule has 0 unspecified atom stereocenters. The summed E-state index contributed by atoms with van der Waals surface area (Å²) in [4.78, 5) is 15.7. The fourth-order valence-corrected chi connectivity index (χ4v) is 3.80. The summed E-state index contributed by atoms with van der Waals surface area (Å²) in [6.07, 6.45) is 2.69. The molecule has 0 aromatic heterocycles. The first-order valence-corrected chi connectivity index (χ1v) is 9.77. The molecule has 1 aliphatic heterocycles. The number of hydrogen-bond donors (Lipinski definition) is 1. The molecule has 3 nitrogen and oxygen atoms in total. The van der Waals surface area contributed by atoms with Crippen LogP contribution in [0.3, 0.4) is 0 Å². The third-order valence-electron chi connectivity index (χ3n) is 5.71. The molecule has 0 aliphatic carbocycles. The number of likely N-dealkylation sites (tertiary alicyclic amines) is 1. The summed E-state index contributed by atoms with van der Waals surface area (Å²) in [7, 11) is 0. The van der Waals surface area contributed by atoms with Crippen molar-refractivity contribution in [2.75, 3.05) is 13.1 Å². The average Bonchev–Trinajstić information content (AvgIpc) is 2.70.